The van der Waals surface area contributed by atoms with Crippen LogP contribution in [-0.4, -0.2) is 43.5 Å². The normalized spacial score (nSPS) is 22.4. The smallest absolute Gasteiger partial charge is 0.135 e. The summed E-state index contributed by atoms with van der Waals surface area (Å²) in [6.45, 7) is 1.43. The maximum atomic E-state index is 13.8. The van der Waals surface area contributed by atoms with Gasteiger partial charge in [-0.25, -0.2) is 8.78 Å². The summed E-state index contributed by atoms with van der Waals surface area (Å²) in [4.78, 5) is 1.96. The quantitative estimate of drug-likeness (QED) is 0.930. The molecule has 0 bridgehead atoms. The highest BCUT2D eigenvalue weighted by atomic mass is 19.1. The van der Waals surface area contributed by atoms with Gasteiger partial charge >= 0.3 is 0 Å². The van der Waals surface area contributed by atoms with Gasteiger partial charge in [0.05, 0.1) is 5.60 Å². The number of nitrogens with zero attached hydrogens (tertiary/aromatic N) is 4. The number of likely N-dealkylation sites (tertiary alicyclic amines) is 1. The fourth-order valence-corrected chi connectivity index (χ4v) is 3.15. The monoisotopic (exact) mass is 322 g/mol. The lowest BCUT2D eigenvalue weighted by molar-refractivity contribution is -0.0347. The Morgan fingerprint density at radius 2 is 2.17 bits per heavy atom. The zero-order valence-electron chi connectivity index (χ0n) is 13.0. The molecule has 0 aliphatic carbocycles. The van der Waals surface area contributed by atoms with E-state index < -0.39 is 17.2 Å². The van der Waals surface area contributed by atoms with Gasteiger partial charge < -0.3 is 9.67 Å². The predicted octanol–water partition coefficient (Wildman–Crippen LogP) is 1.66. The highest BCUT2D eigenvalue weighted by molar-refractivity contribution is 5.19. The highest BCUT2D eigenvalue weighted by Gasteiger charge is 2.35. The number of β-amino-alcohol motifs (C(OH)–C–C–N with tert-alkyl or cyclic N) is 1. The van der Waals surface area contributed by atoms with E-state index in [0.717, 1.165) is 25.1 Å². The zero-order valence-corrected chi connectivity index (χ0v) is 13.0. The largest absolute Gasteiger partial charge is 0.388 e. The third-order valence-electron chi connectivity index (χ3n) is 4.33. The molecule has 7 heteroatoms. The molecule has 0 spiro atoms. The molecule has 2 heterocycles. The van der Waals surface area contributed by atoms with Crippen molar-refractivity contribution in [3.8, 4) is 0 Å². The Morgan fingerprint density at radius 3 is 2.91 bits per heavy atom. The lowest BCUT2D eigenvalue weighted by atomic mass is 9.89. The van der Waals surface area contributed by atoms with Crippen LogP contribution in [0.4, 0.5) is 8.78 Å². The van der Waals surface area contributed by atoms with Gasteiger partial charge in [0, 0.05) is 32.1 Å². The molecular formula is C16H20F2N4O. The Balaban J connectivity index is 1.70. The summed E-state index contributed by atoms with van der Waals surface area (Å²) in [6.07, 6.45) is 3.44. The number of aliphatic hydroxyl groups is 1. The molecule has 23 heavy (non-hydrogen) atoms. The van der Waals surface area contributed by atoms with Crippen molar-refractivity contribution in [2.24, 2.45) is 7.05 Å². The van der Waals surface area contributed by atoms with Crippen LogP contribution in [0.15, 0.2) is 24.5 Å². The third-order valence-corrected chi connectivity index (χ3v) is 4.33. The number of piperidine rings is 1. The fraction of sp³-hybridized carbons (Fsp3) is 0.500. The van der Waals surface area contributed by atoms with E-state index in [1.807, 2.05) is 11.9 Å². The molecule has 1 aromatic carbocycles. The summed E-state index contributed by atoms with van der Waals surface area (Å²) in [5.41, 5.74) is -0.615. The van der Waals surface area contributed by atoms with Crippen molar-refractivity contribution in [2.75, 3.05) is 13.1 Å². The van der Waals surface area contributed by atoms with Crippen LogP contribution >= 0.6 is 0 Å². The van der Waals surface area contributed by atoms with E-state index in [2.05, 4.69) is 10.2 Å². The van der Waals surface area contributed by atoms with E-state index in [-0.39, 0.29) is 6.54 Å². The van der Waals surface area contributed by atoms with Crippen LogP contribution < -0.4 is 0 Å². The Morgan fingerprint density at radius 1 is 1.35 bits per heavy atom. The zero-order chi connectivity index (χ0) is 16.4. The molecule has 124 valence electrons. The maximum Gasteiger partial charge on any atom is 0.135 e. The number of hydrogen-bond acceptors (Lipinski definition) is 4. The van der Waals surface area contributed by atoms with E-state index >= 15 is 0 Å². The molecule has 1 aliphatic rings. The van der Waals surface area contributed by atoms with Gasteiger partial charge in [0.2, 0.25) is 0 Å². The van der Waals surface area contributed by atoms with Gasteiger partial charge in [0.15, 0.2) is 0 Å². The van der Waals surface area contributed by atoms with Crippen LogP contribution in [0.1, 0.15) is 24.2 Å². The molecule has 1 atom stereocenters. The Kier molecular flexibility index (Phi) is 4.41. The molecular weight excluding hydrogens is 302 g/mol. The number of hydrogen-bond donors (Lipinski definition) is 1. The number of aromatic nitrogens is 3. The molecule has 1 saturated heterocycles. The summed E-state index contributed by atoms with van der Waals surface area (Å²) in [5.74, 6) is -0.159. The molecule has 0 amide bonds. The number of halogens is 2. The van der Waals surface area contributed by atoms with Crippen LogP contribution in [0.3, 0.4) is 0 Å². The van der Waals surface area contributed by atoms with Gasteiger partial charge in [-0.05, 0) is 37.6 Å². The minimum Gasteiger partial charge on any atom is -0.388 e. The molecule has 1 N–H and O–H groups in total. The van der Waals surface area contributed by atoms with Crippen molar-refractivity contribution in [3.63, 3.8) is 0 Å². The Hall–Kier alpha value is -1.86. The average Bonchev–Trinajstić information content (AvgIpc) is 2.88. The first-order valence-corrected chi connectivity index (χ1v) is 7.67. The number of aryl methyl sites for hydroxylation is 1. The summed E-state index contributed by atoms with van der Waals surface area (Å²) >= 11 is 0. The summed E-state index contributed by atoms with van der Waals surface area (Å²) in [7, 11) is 1.83. The van der Waals surface area contributed by atoms with E-state index in [9.17, 15) is 13.9 Å². The van der Waals surface area contributed by atoms with Gasteiger partial charge in [-0.15, -0.1) is 10.2 Å². The SMILES string of the molecule is Cn1cnnc1CC1(O)CCCN(Cc2cc(F)ccc2F)C1. The molecule has 0 radical (unpaired) electrons. The van der Waals surface area contributed by atoms with Crippen molar-refractivity contribution < 1.29 is 13.9 Å². The minimum atomic E-state index is -0.928. The van der Waals surface area contributed by atoms with E-state index in [0.29, 0.717) is 30.8 Å². The molecule has 5 nitrogen and oxygen atoms in total. The molecule has 1 aliphatic heterocycles. The van der Waals surface area contributed by atoms with Crippen LogP contribution in [-0.2, 0) is 20.0 Å². The van der Waals surface area contributed by atoms with Crippen molar-refractivity contribution in [1.82, 2.24) is 19.7 Å². The van der Waals surface area contributed by atoms with Gasteiger partial charge in [0.25, 0.3) is 0 Å². The van der Waals surface area contributed by atoms with Crippen LogP contribution in [0, 0.1) is 11.6 Å². The van der Waals surface area contributed by atoms with Crippen LogP contribution in [0.5, 0.6) is 0 Å². The van der Waals surface area contributed by atoms with Gasteiger partial charge in [-0.1, -0.05) is 0 Å². The first-order chi connectivity index (χ1) is 11.0. The van der Waals surface area contributed by atoms with Crippen LogP contribution in [0.25, 0.3) is 0 Å². The first-order valence-electron chi connectivity index (χ1n) is 7.67. The topological polar surface area (TPSA) is 54.2 Å². The molecule has 3 rings (SSSR count). The second kappa shape index (κ2) is 6.33. The second-order valence-electron chi connectivity index (χ2n) is 6.31. The molecule has 2 aromatic rings. The highest BCUT2D eigenvalue weighted by Crippen LogP contribution is 2.26. The van der Waals surface area contributed by atoms with E-state index in [4.69, 9.17) is 0 Å². The second-order valence-corrected chi connectivity index (χ2v) is 6.31. The maximum absolute atomic E-state index is 13.8. The van der Waals surface area contributed by atoms with Crippen molar-refractivity contribution in [3.05, 3.63) is 47.5 Å². The predicted molar refractivity (Wildman–Crippen MR) is 80.5 cm³/mol. The van der Waals surface area contributed by atoms with Crippen molar-refractivity contribution in [2.45, 2.75) is 31.4 Å². The number of rotatable bonds is 4. The first kappa shape index (κ1) is 16.0. The van der Waals surface area contributed by atoms with E-state index in [1.165, 1.54) is 6.07 Å². The third kappa shape index (κ3) is 3.73. The van der Waals surface area contributed by atoms with E-state index in [1.54, 1.807) is 10.9 Å². The lowest BCUT2D eigenvalue weighted by Crippen LogP contribution is -2.49. The summed E-state index contributed by atoms with van der Waals surface area (Å²) in [5, 5.41) is 18.7. The lowest BCUT2D eigenvalue weighted by Gasteiger charge is -2.39. The summed E-state index contributed by atoms with van der Waals surface area (Å²) in [6, 6.07) is 3.46. The summed E-state index contributed by atoms with van der Waals surface area (Å²) < 4.78 is 28.9. The molecule has 1 unspecified atom stereocenters. The molecule has 1 fully saturated rings. The number of benzene rings is 1. The van der Waals surface area contributed by atoms with Gasteiger partial charge in [-0.2, -0.15) is 0 Å². The molecule has 1 aromatic heterocycles. The molecule has 0 saturated carbocycles. The Bertz CT molecular complexity index is 690. The van der Waals surface area contributed by atoms with Crippen molar-refractivity contribution in [1.29, 1.82) is 0 Å². The van der Waals surface area contributed by atoms with Gasteiger partial charge in [-0.3, -0.25) is 4.90 Å². The minimum absolute atomic E-state index is 0.282. The standard InChI is InChI=1S/C16H20F2N4O/c1-21-11-19-20-15(21)8-16(23)5-2-6-22(10-16)9-12-7-13(17)3-4-14(12)18/h3-4,7,11,23H,2,5-6,8-10H2,1H3. The fourth-order valence-electron chi connectivity index (χ4n) is 3.15. The van der Waals surface area contributed by atoms with Gasteiger partial charge in [0.1, 0.15) is 23.8 Å². The van der Waals surface area contributed by atoms with Crippen LogP contribution in [0.2, 0.25) is 0 Å². The Labute approximate surface area is 133 Å². The average molecular weight is 322 g/mol. The van der Waals surface area contributed by atoms with Crippen molar-refractivity contribution >= 4 is 0 Å².